The number of aromatic nitrogens is 2. The van der Waals surface area contributed by atoms with Gasteiger partial charge in [-0.15, -0.1) is 0 Å². The van der Waals surface area contributed by atoms with Gasteiger partial charge in [-0.1, -0.05) is 12.1 Å². The summed E-state index contributed by atoms with van der Waals surface area (Å²) < 4.78 is 24.6. The van der Waals surface area contributed by atoms with Gasteiger partial charge < -0.3 is 10.7 Å². The molecule has 0 unspecified atom stereocenters. The average Bonchev–Trinajstić information content (AvgIpc) is 2.97. The molecular weight excluding hydrogens is 348 g/mol. The third-order valence-corrected chi connectivity index (χ3v) is 5.74. The third kappa shape index (κ3) is 2.76. The van der Waals surface area contributed by atoms with E-state index in [9.17, 15) is 8.42 Å². The molecule has 0 atom stereocenters. The second-order valence-electron chi connectivity index (χ2n) is 6.33. The summed E-state index contributed by atoms with van der Waals surface area (Å²) in [5.41, 5.74) is 10.9. The van der Waals surface area contributed by atoms with Gasteiger partial charge in [0.2, 0.25) is 10.0 Å². The smallest absolute Gasteiger partial charge is 0.231 e. The molecule has 0 saturated carbocycles. The molecule has 3 N–H and O–H groups in total. The molecule has 2 aromatic carbocycles. The van der Waals surface area contributed by atoms with Gasteiger partial charge in [-0.2, -0.15) is 0 Å². The highest BCUT2D eigenvalue weighted by molar-refractivity contribution is 7.92. The zero-order valence-electron chi connectivity index (χ0n) is 14.4. The Labute approximate surface area is 151 Å². The molecule has 26 heavy (non-hydrogen) atoms. The van der Waals surface area contributed by atoms with E-state index in [2.05, 4.69) is 16.0 Å². The van der Waals surface area contributed by atoms with Crippen LogP contribution in [0.4, 0.5) is 11.4 Å². The molecule has 7 heteroatoms. The summed E-state index contributed by atoms with van der Waals surface area (Å²) in [4.78, 5) is 7.80. The van der Waals surface area contributed by atoms with Gasteiger partial charge in [0.05, 0.1) is 11.9 Å². The highest BCUT2D eigenvalue weighted by Crippen LogP contribution is 2.30. The largest absolute Gasteiger partial charge is 0.399 e. The first-order chi connectivity index (χ1) is 12.3. The molecule has 2 heterocycles. The van der Waals surface area contributed by atoms with Crippen LogP contribution in [0.15, 0.2) is 54.7 Å². The number of nitrogens with one attached hydrogen (secondary N) is 1. The maximum atomic E-state index is 11.7. The molecule has 4 aromatic rings. The van der Waals surface area contributed by atoms with E-state index in [-0.39, 0.29) is 0 Å². The van der Waals surface area contributed by atoms with Crippen molar-refractivity contribution in [3.63, 3.8) is 0 Å². The number of pyridine rings is 1. The van der Waals surface area contributed by atoms with E-state index in [4.69, 9.17) is 5.73 Å². The lowest BCUT2D eigenvalue weighted by atomic mass is 10.1. The van der Waals surface area contributed by atoms with Crippen molar-refractivity contribution in [2.24, 2.45) is 0 Å². The molecule has 4 rings (SSSR count). The lowest BCUT2D eigenvalue weighted by Gasteiger charge is -2.16. The quantitative estimate of drug-likeness (QED) is 0.544. The van der Waals surface area contributed by atoms with Crippen molar-refractivity contribution in [1.82, 2.24) is 9.97 Å². The lowest BCUT2D eigenvalue weighted by molar-refractivity contribution is 0.600. The Balaban J connectivity index is 1.79. The number of nitrogens with two attached hydrogens (primary N) is 1. The minimum Gasteiger partial charge on any atom is -0.399 e. The molecule has 132 valence electrons. The molecule has 0 saturated heterocycles. The van der Waals surface area contributed by atoms with Crippen LogP contribution in [0.5, 0.6) is 0 Å². The van der Waals surface area contributed by atoms with Crippen LogP contribution in [0.3, 0.4) is 0 Å². The maximum Gasteiger partial charge on any atom is 0.231 e. The number of aromatic amines is 1. The van der Waals surface area contributed by atoms with Gasteiger partial charge in [0.1, 0.15) is 5.65 Å². The first-order valence-electron chi connectivity index (χ1n) is 8.04. The second kappa shape index (κ2) is 5.74. The first-order valence-corrected chi connectivity index (χ1v) is 9.89. The predicted octanol–water partition coefficient (Wildman–Crippen LogP) is 3.36. The molecule has 0 fully saturated rings. The summed E-state index contributed by atoms with van der Waals surface area (Å²) >= 11 is 0. The van der Waals surface area contributed by atoms with Gasteiger partial charge in [-0.3, -0.25) is 4.31 Å². The summed E-state index contributed by atoms with van der Waals surface area (Å²) in [6.45, 7) is 0. The number of anilines is 2. The van der Waals surface area contributed by atoms with Crippen molar-refractivity contribution in [2.75, 3.05) is 23.3 Å². The molecule has 0 spiro atoms. The zero-order valence-corrected chi connectivity index (χ0v) is 15.2. The monoisotopic (exact) mass is 366 g/mol. The molecule has 0 aliphatic heterocycles. The summed E-state index contributed by atoms with van der Waals surface area (Å²) in [5, 5.41) is 2.03. The van der Waals surface area contributed by atoms with E-state index in [0.29, 0.717) is 11.4 Å². The fourth-order valence-electron chi connectivity index (χ4n) is 3.00. The van der Waals surface area contributed by atoms with Crippen molar-refractivity contribution >= 4 is 43.3 Å². The van der Waals surface area contributed by atoms with Crippen LogP contribution in [-0.4, -0.2) is 31.7 Å². The molecule has 0 radical (unpaired) electrons. The Morgan fingerprint density at radius 2 is 1.73 bits per heavy atom. The van der Waals surface area contributed by atoms with Gasteiger partial charge in [0.25, 0.3) is 0 Å². The van der Waals surface area contributed by atoms with E-state index in [0.717, 1.165) is 33.1 Å². The number of hydrogen-bond acceptors (Lipinski definition) is 4. The van der Waals surface area contributed by atoms with Gasteiger partial charge in [-0.05, 0) is 42.0 Å². The van der Waals surface area contributed by atoms with Crippen LogP contribution >= 0.6 is 0 Å². The van der Waals surface area contributed by atoms with E-state index in [1.807, 2.05) is 30.3 Å². The fourth-order valence-corrected chi connectivity index (χ4v) is 3.51. The maximum absolute atomic E-state index is 11.7. The summed E-state index contributed by atoms with van der Waals surface area (Å²) in [7, 11) is -1.74. The Hall–Kier alpha value is -3.06. The number of sulfonamides is 1. The minimum absolute atomic E-state index is 0.616. The van der Waals surface area contributed by atoms with Crippen molar-refractivity contribution < 1.29 is 8.42 Å². The van der Waals surface area contributed by atoms with Crippen LogP contribution in [0.1, 0.15) is 0 Å². The zero-order chi connectivity index (χ0) is 18.5. The van der Waals surface area contributed by atoms with Gasteiger partial charge in [0, 0.05) is 40.8 Å². The van der Waals surface area contributed by atoms with E-state index < -0.39 is 10.0 Å². The standard InChI is InChI=1S/C19H18N4O2S/c1-23(26(2,24)25)15-6-3-12(4-7-15)13-9-17-16-10-14(20)5-8-18(16)22-19(17)21-11-13/h3-11H,20H2,1-2H3,(H,21,22). The van der Waals surface area contributed by atoms with Crippen molar-refractivity contribution in [3.05, 3.63) is 54.7 Å². The van der Waals surface area contributed by atoms with Crippen LogP contribution in [0.25, 0.3) is 33.1 Å². The van der Waals surface area contributed by atoms with E-state index in [1.165, 1.54) is 17.6 Å². The fraction of sp³-hybridized carbons (Fsp3) is 0.105. The number of nitrogen functional groups attached to an aromatic ring is 1. The van der Waals surface area contributed by atoms with Crippen molar-refractivity contribution in [2.45, 2.75) is 0 Å². The number of hydrogen-bond donors (Lipinski definition) is 2. The van der Waals surface area contributed by atoms with Crippen LogP contribution in [0, 0.1) is 0 Å². The third-order valence-electron chi connectivity index (χ3n) is 4.54. The first kappa shape index (κ1) is 16.4. The molecule has 0 bridgehead atoms. The average molecular weight is 366 g/mol. The molecule has 6 nitrogen and oxygen atoms in total. The summed E-state index contributed by atoms with van der Waals surface area (Å²) in [6, 6.07) is 15.2. The molecule has 0 amide bonds. The summed E-state index contributed by atoms with van der Waals surface area (Å²) in [6.07, 6.45) is 2.98. The Morgan fingerprint density at radius 1 is 1.00 bits per heavy atom. The molecule has 2 aromatic heterocycles. The Bertz CT molecular complexity index is 1230. The number of fused-ring (bicyclic) bond motifs is 3. The molecular formula is C19H18N4O2S. The topological polar surface area (TPSA) is 92.1 Å². The SMILES string of the molecule is CN(c1ccc(-c2cnc3[nH]c4ccc(N)cc4c3c2)cc1)S(C)(=O)=O. The van der Waals surface area contributed by atoms with Crippen molar-refractivity contribution in [3.8, 4) is 11.1 Å². The second-order valence-corrected chi connectivity index (χ2v) is 8.34. The highest BCUT2D eigenvalue weighted by Gasteiger charge is 2.12. The molecule has 0 aliphatic carbocycles. The number of rotatable bonds is 3. The molecule has 0 aliphatic rings. The van der Waals surface area contributed by atoms with Crippen LogP contribution in [-0.2, 0) is 10.0 Å². The normalized spacial score (nSPS) is 11.9. The predicted molar refractivity (Wildman–Crippen MR) is 107 cm³/mol. The number of H-pyrrole nitrogens is 1. The van der Waals surface area contributed by atoms with Crippen molar-refractivity contribution in [1.29, 1.82) is 0 Å². The number of nitrogens with zero attached hydrogens (tertiary/aromatic N) is 2. The highest BCUT2D eigenvalue weighted by atomic mass is 32.2. The lowest BCUT2D eigenvalue weighted by Crippen LogP contribution is -2.24. The van der Waals surface area contributed by atoms with E-state index >= 15 is 0 Å². The Kier molecular flexibility index (Phi) is 3.62. The number of benzene rings is 2. The van der Waals surface area contributed by atoms with Crippen LogP contribution in [0.2, 0.25) is 0 Å². The van der Waals surface area contributed by atoms with Crippen LogP contribution < -0.4 is 10.0 Å². The van der Waals surface area contributed by atoms with Gasteiger partial charge >= 0.3 is 0 Å². The summed E-state index contributed by atoms with van der Waals surface area (Å²) in [5.74, 6) is 0. The van der Waals surface area contributed by atoms with Gasteiger partial charge in [-0.25, -0.2) is 13.4 Å². The minimum atomic E-state index is -3.28. The van der Waals surface area contributed by atoms with E-state index in [1.54, 1.807) is 18.3 Å². The Morgan fingerprint density at radius 3 is 2.42 bits per heavy atom. The van der Waals surface area contributed by atoms with Gasteiger partial charge in [0.15, 0.2) is 0 Å².